The Morgan fingerprint density at radius 3 is 2.00 bits per heavy atom. The van der Waals surface area contributed by atoms with Gasteiger partial charge in [-0.3, -0.25) is 4.99 Å². The number of aliphatic imine (C=N–C) groups is 2. The van der Waals surface area contributed by atoms with E-state index in [4.69, 9.17) is 24.2 Å². The van der Waals surface area contributed by atoms with Gasteiger partial charge in [0.15, 0.2) is 11.5 Å². The Morgan fingerprint density at radius 2 is 1.50 bits per heavy atom. The van der Waals surface area contributed by atoms with Crippen molar-refractivity contribution in [2.45, 2.75) is 110 Å². The van der Waals surface area contributed by atoms with E-state index in [2.05, 4.69) is 35.0 Å². The van der Waals surface area contributed by atoms with Crippen molar-refractivity contribution in [3.8, 4) is 0 Å². The minimum Gasteiger partial charge on any atom is -0.443 e. The number of benzene rings is 1. The van der Waals surface area contributed by atoms with Crippen molar-refractivity contribution in [1.82, 2.24) is 4.90 Å². The molecule has 2 aliphatic carbocycles. The van der Waals surface area contributed by atoms with Crippen LogP contribution in [0.3, 0.4) is 0 Å². The zero-order valence-electron chi connectivity index (χ0n) is 24.0. The van der Waals surface area contributed by atoms with E-state index >= 15 is 0 Å². The lowest BCUT2D eigenvalue weighted by Crippen LogP contribution is -2.49. The topological polar surface area (TPSA) is 89.8 Å². The number of ether oxygens (including phenoxy) is 3. The number of methoxy groups -OCH3 is 1. The number of rotatable bonds is 1. The van der Waals surface area contributed by atoms with Gasteiger partial charge >= 0.3 is 12.2 Å². The molecule has 3 aliphatic rings. The van der Waals surface area contributed by atoms with Gasteiger partial charge in [-0.2, -0.15) is 4.90 Å². The fourth-order valence-electron chi connectivity index (χ4n) is 5.77. The summed E-state index contributed by atoms with van der Waals surface area (Å²) in [7, 11) is 1.77. The number of amides is 2. The Hall–Kier alpha value is -2.26. The highest BCUT2D eigenvalue weighted by Gasteiger charge is 2.62. The Bertz CT molecular complexity index is 1170. The molecule has 1 atom stereocenters. The molecular formula is C29H40BrN3O5. The first kappa shape index (κ1) is 28.7. The first-order valence-electron chi connectivity index (χ1n) is 13.2. The minimum atomic E-state index is -0.969. The van der Waals surface area contributed by atoms with E-state index in [9.17, 15) is 9.59 Å². The highest BCUT2D eigenvalue weighted by molar-refractivity contribution is 9.10. The summed E-state index contributed by atoms with van der Waals surface area (Å²) in [6, 6.07) is 6.23. The van der Waals surface area contributed by atoms with Crippen molar-refractivity contribution in [2.24, 2.45) is 15.4 Å². The standard InChI is InChI=1S/C29H40BrN3O5/c1-18-22(33(23(34)37-25(2,3)4)24(35)38-26(5,6)7)32-29(31-18)21-16-20(30)11-10-19(21)17-28(29)14-12-27(8,36-9)13-15-28/h10-11,16H,12-15,17H2,1-9H3. The Balaban J connectivity index is 1.87. The molecule has 1 fully saturated rings. The molecule has 1 aromatic rings. The van der Waals surface area contributed by atoms with Gasteiger partial charge in [0, 0.05) is 22.6 Å². The molecule has 1 saturated carbocycles. The van der Waals surface area contributed by atoms with Crippen LogP contribution in [0.4, 0.5) is 9.59 Å². The Kier molecular flexibility index (Phi) is 7.14. The summed E-state index contributed by atoms with van der Waals surface area (Å²) in [5.74, 6) is 0.167. The average Bonchev–Trinajstić information content (AvgIpc) is 3.24. The van der Waals surface area contributed by atoms with Gasteiger partial charge in [0.1, 0.15) is 11.2 Å². The van der Waals surface area contributed by atoms with Crippen molar-refractivity contribution in [1.29, 1.82) is 0 Å². The number of carbonyl (C=O) groups excluding carboxylic acids is 2. The van der Waals surface area contributed by atoms with E-state index in [1.807, 2.05) is 6.07 Å². The van der Waals surface area contributed by atoms with E-state index in [1.54, 1.807) is 55.6 Å². The molecule has 0 saturated heterocycles. The van der Waals surface area contributed by atoms with Crippen LogP contribution in [0.1, 0.15) is 92.2 Å². The van der Waals surface area contributed by atoms with E-state index in [-0.39, 0.29) is 16.9 Å². The van der Waals surface area contributed by atoms with Gasteiger partial charge in [0.05, 0.1) is 11.3 Å². The zero-order valence-corrected chi connectivity index (χ0v) is 25.6. The predicted molar refractivity (Wildman–Crippen MR) is 151 cm³/mol. The Morgan fingerprint density at radius 1 is 0.947 bits per heavy atom. The summed E-state index contributed by atoms with van der Waals surface area (Å²) in [6.45, 7) is 14.5. The lowest BCUT2D eigenvalue weighted by atomic mass is 9.63. The fraction of sp³-hybridized carbons (Fsp3) is 0.655. The van der Waals surface area contributed by atoms with Crippen LogP contribution in [0, 0.1) is 5.41 Å². The number of carbonyl (C=O) groups is 2. The molecule has 2 spiro atoms. The summed E-state index contributed by atoms with van der Waals surface area (Å²) in [5, 5.41) is 0. The molecule has 9 heteroatoms. The maximum atomic E-state index is 13.5. The van der Waals surface area contributed by atoms with Crippen LogP contribution in [-0.4, -0.2) is 52.5 Å². The van der Waals surface area contributed by atoms with E-state index < -0.39 is 29.1 Å². The van der Waals surface area contributed by atoms with Gasteiger partial charge in [0.2, 0.25) is 0 Å². The van der Waals surface area contributed by atoms with Crippen LogP contribution >= 0.6 is 15.9 Å². The number of hydrogen-bond acceptors (Lipinski definition) is 7. The molecule has 2 amide bonds. The zero-order chi connectivity index (χ0) is 28.3. The number of imide groups is 1. The first-order valence-corrected chi connectivity index (χ1v) is 14.0. The second kappa shape index (κ2) is 9.44. The molecule has 0 N–H and O–H groups in total. The van der Waals surface area contributed by atoms with Crippen LogP contribution in [-0.2, 0) is 26.3 Å². The number of nitrogens with zero attached hydrogens (tertiary/aromatic N) is 3. The van der Waals surface area contributed by atoms with Gasteiger partial charge in [0.25, 0.3) is 0 Å². The molecule has 1 aromatic carbocycles. The molecule has 0 aromatic heterocycles. The maximum Gasteiger partial charge on any atom is 0.425 e. The fourth-order valence-corrected chi connectivity index (χ4v) is 6.13. The molecule has 1 heterocycles. The van der Waals surface area contributed by atoms with Crippen molar-refractivity contribution < 1.29 is 23.8 Å². The molecule has 208 valence electrons. The summed E-state index contributed by atoms with van der Waals surface area (Å²) in [4.78, 5) is 38.2. The quantitative estimate of drug-likeness (QED) is 0.346. The summed E-state index contributed by atoms with van der Waals surface area (Å²) in [5.41, 5.74) is -0.460. The van der Waals surface area contributed by atoms with Crippen molar-refractivity contribution in [2.75, 3.05) is 7.11 Å². The van der Waals surface area contributed by atoms with Crippen LogP contribution in [0.5, 0.6) is 0 Å². The van der Waals surface area contributed by atoms with Gasteiger partial charge in [-0.25, -0.2) is 14.6 Å². The maximum absolute atomic E-state index is 13.5. The molecule has 1 aliphatic heterocycles. The van der Waals surface area contributed by atoms with Crippen LogP contribution in [0.25, 0.3) is 0 Å². The second-order valence-corrected chi connectivity index (χ2v) is 13.9. The van der Waals surface area contributed by atoms with Gasteiger partial charge < -0.3 is 14.2 Å². The smallest absolute Gasteiger partial charge is 0.425 e. The summed E-state index contributed by atoms with van der Waals surface area (Å²) in [6.07, 6.45) is 2.54. The van der Waals surface area contributed by atoms with E-state index in [1.165, 1.54) is 5.56 Å². The molecule has 38 heavy (non-hydrogen) atoms. The summed E-state index contributed by atoms with van der Waals surface area (Å²) >= 11 is 3.63. The number of hydrogen-bond donors (Lipinski definition) is 0. The highest BCUT2D eigenvalue weighted by Crippen LogP contribution is 2.63. The first-order chi connectivity index (χ1) is 17.4. The minimum absolute atomic E-state index is 0.167. The van der Waals surface area contributed by atoms with Crippen molar-refractivity contribution in [3.63, 3.8) is 0 Å². The van der Waals surface area contributed by atoms with Crippen molar-refractivity contribution in [3.05, 3.63) is 33.8 Å². The van der Waals surface area contributed by atoms with E-state index in [0.717, 1.165) is 47.0 Å². The SMILES string of the molecule is COC1(C)CCC2(CC1)Cc1ccc(Br)cc1C21N=C(C)C(N(C(=O)OC(C)(C)C)C(=O)OC(C)(C)C)=N1. The van der Waals surface area contributed by atoms with Crippen LogP contribution < -0.4 is 0 Å². The molecule has 4 rings (SSSR count). The molecule has 8 nitrogen and oxygen atoms in total. The predicted octanol–water partition coefficient (Wildman–Crippen LogP) is 7.17. The number of fused-ring (bicyclic) bond motifs is 3. The van der Waals surface area contributed by atoms with Gasteiger partial charge in [-0.05, 0) is 105 Å². The molecule has 1 unspecified atom stereocenters. The molecule has 0 radical (unpaired) electrons. The van der Waals surface area contributed by atoms with Crippen molar-refractivity contribution >= 4 is 39.7 Å². The second-order valence-electron chi connectivity index (χ2n) is 13.0. The number of amidine groups is 1. The van der Waals surface area contributed by atoms with Gasteiger partial charge in [-0.15, -0.1) is 0 Å². The highest BCUT2D eigenvalue weighted by atomic mass is 79.9. The lowest BCUT2D eigenvalue weighted by molar-refractivity contribution is -0.0680. The van der Waals surface area contributed by atoms with Crippen LogP contribution in [0.15, 0.2) is 32.7 Å². The molecular weight excluding hydrogens is 550 g/mol. The Labute approximate surface area is 234 Å². The monoisotopic (exact) mass is 589 g/mol. The van der Waals surface area contributed by atoms with E-state index in [0.29, 0.717) is 5.71 Å². The van der Waals surface area contributed by atoms with Crippen LogP contribution in [0.2, 0.25) is 0 Å². The largest absolute Gasteiger partial charge is 0.443 e. The average molecular weight is 591 g/mol. The summed E-state index contributed by atoms with van der Waals surface area (Å²) < 4.78 is 18.1. The third-order valence-corrected chi connectivity index (χ3v) is 8.25. The third-order valence-electron chi connectivity index (χ3n) is 7.76. The lowest BCUT2D eigenvalue weighted by Gasteiger charge is -2.47. The molecule has 0 bridgehead atoms. The normalized spacial score (nSPS) is 28.7. The number of halogens is 1. The van der Waals surface area contributed by atoms with Gasteiger partial charge in [-0.1, -0.05) is 22.0 Å². The third kappa shape index (κ3) is 5.16.